The van der Waals surface area contributed by atoms with Gasteiger partial charge in [0.2, 0.25) is 5.91 Å². The zero-order valence-electron chi connectivity index (χ0n) is 14.9. The third-order valence-electron chi connectivity index (χ3n) is 3.91. The van der Waals surface area contributed by atoms with Crippen LogP contribution in [0.4, 0.5) is 4.39 Å². The molecule has 2 aromatic carbocycles. The Bertz CT molecular complexity index is 757. The zero-order chi connectivity index (χ0) is 18.9. The number of carbonyl (C=O) groups is 2. The van der Waals surface area contributed by atoms with Crippen LogP contribution in [0.5, 0.6) is 0 Å². The van der Waals surface area contributed by atoms with Crippen molar-refractivity contribution in [3.05, 3.63) is 77.6 Å². The van der Waals surface area contributed by atoms with E-state index in [1.807, 2.05) is 30.3 Å². The van der Waals surface area contributed by atoms with Crippen LogP contribution in [0, 0.1) is 11.7 Å². The van der Waals surface area contributed by atoms with E-state index >= 15 is 0 Å². The lowest BCUT2D eigenvalue weighted by Crippen LogP contribution is -2.35. The van der Waals surface area contributed by atoms with Crippen molar-refractivity contribution >= 4 is 18.0 Å². The van der Waals surface area contributed by atoms with Crippen LogP contribution in [0.15, 0.2) is 60.7 Å². The first-order valence-electron chi connectivity index (χ1n) is 8.34. The van der Waals surface area contributed by atoms with E-state index in [1.54, 1.807) is 30.0 Å². The van der Waals surface area contributed by atoms with Gasteiger partial charge in [-0.2, -0.15) is 0 Å². The fourth-order valence-electron chi connectivity index (χ4n) is 2.49. The maximum absolute atomic E-state index is 13.0. The second-order valence-electron chi connectivity index (χ2n) is 6.01. The van der Waals surface area contributed by atoms with Crippen LogP contribution in [0.2, 0.25) is 0 Å². The molecule has 2 rings (SSSR count). The molecule has 4 nitrogen and oxygen atoms in total. The highest BCUT2D eigenvalue weighted by molar-refractivity contribution is 5.92. The number of nitrogens with zero attached hydrogens (tertiary/aromatic N) is 1. The summed E-state index contributed by atoms with van der Waals surface area (Å²) < 4.78 is 17.7. The van der Waals surface area contributed by atoms with Crippen molar-refractivity contribution in [3.63, 3.8) is 0 Å². The van der Waals surface area contributed by atoms with Crippen molar-refractivity contribution in [1.82, 2.24) is 4.90 Å². The summed E-state index contributed by atoms with van der Waals surface area (Å²) in [5, 5.41) is 0. The van der Waals surface area contributed by atoms with Gasteiger partial charge in [-0.1, -0.05) is 49.4 Å². The Kier molecular flexibility index (Phi) is 7.09. The van der Waals surface area contributed by atoms with Gasteiger partial charge in [-0.3, -0.25) is 9.59 Å². The molecule has 0 radical (unpaired) electrons. The molecule has 5 heteroatoms. The highest BCUT2D eigenvalue weighted by Gasteiger charge is 2.20. The van der Waals surface area contributed by atoms with E-state index in [0.29, 0.717) is 6.54 Å². The summed E-state index contributed by atoms with van der Waals surface area (Å²) in [6.45, 7) is 2.35. The molecule has 0 spiro atoms. The Morgan fingerprint density at radius 1 is 1.12 bits per heavy atom. The monoisotopic (exact) mass is 355 g/mol. The first kappa shape index (κ1) is 19.4. The van der Waals surface area contributed by atoms with Crippen LogP contribution in [0.3, 0.4) is 0 Å². The Labute approximate surface area is 152 Å². The number of rotatable bonds is 7. The van der Waals surface area contributed by atoms with E-state index in [9.17, 15) is 14.0 Å². The van der Waals surface area contributed by atoms with Gasteiger partial charge in [0.25, 0.3) is 0 Å². The molecule has 1 amide bonds. The smallest absolute Gasteiger partial charge is 0.310 e. The number of carbonyl (C=O) groups excluding carboxylic acids is 2. The minimum atomic E-state index is -0.438. The van der Waals surface area contributed by atoms with Gasteiger partial charge in [-0.25, -0.2) is 4.39 Å². The van der Waals surface area contributed by atoms with Gasteiger partial charge < -0.3 is 9.64 Å². The Hall–Kier alpha value is -2.95. The minimum absolute atomic E-state index is 0.228. The summed E-state index contributed by atoms with van der Waals surface area (Å²) in [4.78, 5) is 26.0. The number of esters is 1. The SMILES string of the molecule is COC(=O)C(C)CN(Cc1ccccc1)C(=O)/C=C/c1ccc(F)cc1. The molecule has 0 bridgehead atoms. The predicted molar refractivity (Wildman–Crippen MR) is 98.5 cm³/mol. The quantitative estimate of drug-likeness (QED) is 0.562. The van der Waals surface area contributed by atoms with Gasteiger partial charge in [0, 0.05) is 19.2 Å². The number of ether oxygens (including phenoxy) is 1. The van der Waals surface area contributed by atoms with Gasteiger partial charge in [0.1, 0.15) is 5.82 Å². The highest BCUT2D eigenvalue weighted by Crippen LogP contribution is 2.11. The molecule has 1 atom stereocenters. The molecule has 0 aromatic heterocycles. The molecule has 26 heavy (non-hydrogen) atoms. The molecule has 0 aliphatic carbocycles. The third kappa shape index (κ3) is 5.84. The molecule has 0 aliphatic heterocycles. The topological polar surface area (TPSA) is 46.6 Å². The van der Waals surface area contributed by atoms with Crippen molar-refractivity contribution in [3.8, 4) is 0 Å². The van der Waals surface area contributed by atoms with Gasteiger partial charge in [-0.15, -0.1) is 0 Å². The Morgan fingerprint density at radius 3 is 2.38 bits per heavy atom. The van der Waals surface area contributed by atoms with Crippen molar-refractivity contribution in [2.24, 2.45) is 5.92 Å². The summed E-state index contributed by atoms with van der Waals surface area (Å²) >= 11 is 0. The number of amides is 1. The first-order chi connectivity index (χ1) is 12.5. The lowest BCUT2D eigenvalue weighted by Gasteiger charge is -2.24. The lowest BCUT2D eigenvalue weighted by atomic mass is 10.1. The van der Waals surface area contributed by atoms with E-state index < -0.39 is 5.92 Å². The largest absolute Gasteiger partial charge is 0.469 e. The van der Waals surface area contributed by atoms with E-state index in [-0.39, 0.29) is 24.2 Å². The predicted octanol–water partition coefficient (Wildman–Crippen LogP) is 3.68. The second kappa shape index (κ2) is 9.51. The van der Waals surface area contributed by atoms with Gasteiger partial charge >= 0.3 is 5.97 Å². The van der Waals surface area contributed by atoms with E-state index in [2.05, 4.69) is 0 Å². The van der Waals surface area contributed by atoms with Crippen LogP contribution in [0.1, 0.15) is 18.1 Å². The van der Waals surface area contributed by atoms with E-state index in [0.717, 1.165) is 11.1 Å². The zero-order valence-corrected chi connectivity index (χ0v) is 14.9. The van der Waals surface area contributed by atoms with Crippen LogP contribution >= 0.6 is 0 Å². The molecule has 0 aliphatic rings. The van der Waals surface area contributed by atoms with Crippen molar-refractivity contribution < 1.29 is 18.7 Å². The van der Waals surface area contributed by atoms with Crippen molar-refractivity contribution in [2.45, 2.75) is 13.5 Å². The molecule has 0 saturated heterocycles. The van der Waals surface area contributed by atoms with Gasteiger partial charge in [0.05, 0.1) is 13.0 Å². The minimum Gasteiger partial charge on any atom is -0.469 e. The van der Waals surface area contributed by atoms with Crippen LogP contribution in [-0.4, -0.2) is 30.4 Å². The lowest BCUT2D eigenvalue weighted by molar-refractivity contribution is -0.146. The van der Waals surface area contributed by atoms with E-state index in [1.165, 1.54) is 25.3 Å². The van der Waals surface area contributed by atoms with Crippen molar-refractivity contribution in [1.29, 1.82) is 0 Å². The molecule has 2 aromatic rings. The summed E-state index contributed by atoms with van der Waals surface area (Å²) in [7, 11) is 1.33. The average molecular weight is 355 g/mol. The molecular formula is C21H22FNO3. The fraction of sp³-hybridized carbons (Fsp3) is 0.238. The number of benzene rings is 2. The summed E-state index contributed by atoms with van der Waals surface area (Å²) in [5.74, 6) is -1.36. The van der Waals surface area contributed by atoms with E-state index in [4.69, 9.17) is 4.74 Å². The normalized spacial score (nSPS) is 12.0. The fourth-order valence-corrected chi connectivity index (χ4v) is 2.49. The number of halogens is 1. The van der Waals surface area contributed by atoms with Crippen LogP contribution < -0.4 is 0 Å². The maximum Gasteiger partial charge on any atom is 0.310 e. The Morgan fingerprint density at radius 2 is 1.77 bits per heavy atom. The average Bonchev–Trinajstić information content (AvgIpc) is 2.66. The molecular weight excluding hydrogens is 333 g/mol. The third-order valence-corrected chi connectivity index (χ3v) is 3.91. The van der Waals surface area contributed by atoms with Crippen LogP contribution in [-0.2, 0) is 20.9 Å². The number of hydrogen-bond donors (Lipinski definition) is 0. The maximum atomic E-state index is 13.0. The summed E-state index contributed by atoms with van der Waals surface area (Å²) in [6.07, 6.45) is 3.06. The molecule has 136 valence electrons. The molecule has 0 N–H and O–H groups in total. The van der Waals surface area contributed by atoms with Gasteiger partial charge in [-0.05, 0) is 29.3 Å². The molecule has 1 unspecified atom stereocenters. The second-order valence-corrected chi connectivity index (χ2v) is 6.01. The van der Waals surface area contributed by atoms with Crippen molar-refractivity contribution in [2.75, 3.05) is 13.7 Å². The summed E-state index contributed by atoms with van der Waals surface area (Å²) in [6, 6.07) is 15.4. The number of methoxy groups -OCH3 is 1. The van der Waals surface area contributed by atoms with Crippen LogP contribution in [0.25, 0.3) is 6.08 Å². The Balaban J connectivity index is 2.13. The number of hydrogen-bond acceptors (Lipinski definition) is 3. The highest BCUT2D eigenvalue weighted by atomic mass is 19.1. The summed E-state index contributed by atoms with van der Waals surface area (Å²) in [5.41, 5.74) is 1.69. The standard InChI is InChI=1S/C21H22FNO3/c1-16(21(25)26-2)14-23(15-18-6-4-3-5-7-18)20(24)13-10-17-8-11-19(22)12-9-17/h3-13,16H,14-15H2,1-2H3/b13-10+. The van der Waals surface area contributed by atoms with Gasteiger partial charge in [0.15, 0.2) is 0 Å². The molecule has 0 fully saturated rings. The molecule has 0 saturated carbocycles. The molecule has 0 heterocycles. The first-order valence-corrected chi connectivity index (χ1v) is 8.34.